The number of hydrogen-bond donors (Lipinski definition) is 0. The van der Waals surface area contributed by atoms with Crippen LogP contribution in [0, 0.1) is 62.0 Å². The van der Waals surface area contributed by atoms with E-state index in [1.807, 2.05) is 11.8 Å². The maximum absolute atomic E-state index is 2.24. The van der Waals surface area contributed by atoms with Gasteiger partial charge < -0.3 is 0 Å². The Morgan fingerprint density at radius 2 is 1.73 bits per heavy atom. The Bertz CT molecular complexity index is 182. The van der Waals surface area contributed by atoms with E-state index in [1.165, 1.54) is 17.1 Å². The van der Waals surface area contributed by atoms with Crippen molar-refractivity contribution in [3.8, 4) is 0 Å². The molecule has 0 bridgehead atoms. The highest BCUT2D eigenvalue weighted by atomic mass is 32.2. The van der Waals surface area contributed by atoms with Gasteiger partial charge in [0, 0.05) is 5.25 Å². The molecule has 2 aliphatic carbocycles. The molecule has 0 atom stereocenters. The van der Waals surface area contributed by atoms with Crippen molar-refractivity contribution in [2.24, 2.45) is 0 Å². The fourth-order valence-corrected chi connectivity index (χ4v) is 2.66. The van der Waals surface area contributed by atoms with Gasteiger partial charge >= 0.3 is 0 Å². The average molecular weight is 216 g/mol. The predicted octanol–water partition coefficient (Wildman–Crippen LogP) is 3.66. The van der Waals surface area contributed by atoms with Crippen LogP contribution in [0.4, 0.5) is 0 Å². The summed E-state index contributed by atoms with van der Waals surface area (Å²) in [4.78, 5) is 0. The summed E-state index contributed by atoms with van der Waals surface area (Å²) >= 11 is 1.95. The van der Waals surface area contributed by atoms with Gasteiger partial charge in [-0.2, -0.15) is 0 Å². The van der Waals surface area contributed by atoms with Gasteiger partial charge in [0.05, 0.1) is 0 Å². The van der Waals surface area contributed by atoms with E-state index in [9.17, 15) is 0 Å². The van der Waals surface area contributed by atoms with Gasteiger partial charge in [-0.1, -0.05) is 13.8 Å². The van der Waals surface area contributed by atoms with Crippen LogP contribution >= 0.6 is 11.8 Å². The summed E-state index contributed by atoms with van der Waals surface area (Å²) in [7, 11) is 0. The first-order valence-electron chi connectivity index (χ1n) is 5.37. The molecular weight excluding hydrogens is 200 g/mol. The first kappa shape index (κ1) is 11.8. The second-order valence-electron chi connectivity index (χ2n) is 4.05. The van der Waals surface area contributed by atoms with Crippen molar-refractivity contribution in [1.29, 1.82) is 0 Å². The third-order valence-corrected chi connectivity index (χ3v) is 3.47. The molecule has 1 heteroatoms. The predicted molar refractivity (Wildman–Crippen MR) is 67.2 cm³/mol. The quantitative estimate of drug-likeness (QED) is 0.691. The molecule has 0 spiro atoms. The lowest BCUT2D eigenvalue weighted by molar-refractivity contribution is 0.938. The second-order valence-corrected chi connectivity index (χ2v) is 5.67. The Labute approximate surface area is 99.6 Å². The van der Waals surface area contributed by atoms with Crippen LogP contribution in [-0.2, 0) is 0 Å². The molecule has 2 fully saturated rings. The molecule has 0 saturated heterocycles. The van der Waals surface area contributed by atoms with E-state index in [0.29, 0.717) is 5.25 Å². The van der Waals surface area contributed by atoms with Crippen molar-refractivity contribution >= 4 is 11.8 Å². The standard InChI is InChI=1S/C14H16S/c1-11(2)15-14-9-5-8-13(14)10-12-6-3-4-7-12/h3-9,11H,10H2,1-2H3. The van der Waals surface area contributed by atoms with E-state index in [-0.39, 0.29) is 0 Å². The van der Waals surface area contributed by atoms with Gasteiger partial charge in [-0.3, -0.25) is 0 Å². The molecule has 0 aromatic heterocycles. The zero-order valence-corrected chi connectivity index (χ0v) is 10.1. The minimum absolute atomic E-state index is 0.658. The van der Waals surface area contributed by atoms with E-state index in [2.05, 4.69) is 58.8 Å². The average Bonchev–Trinajstić information content (AvgIpc) is 2.78. The van der Waals surface area contributed by atoms with Crippen molar-refractivity contribution in [1.82, 2.24) is 0 Å². The highest BCUT2D eigenvalue weighted by molar-refractivity contribution is 8.03. The molecule has 0 nitrogen and oxygen atoms in total. The minimum atomic E-state index is 0.658. The van der Waals surface area contributed by atoms with E-state index >= 15 is 0 Å². The van der Waals surface area contributed by atoms with E-state index in [4.69, 9.17) is 0 Å². The Hall–Kier alpha value is 0.350. The van der Waals surface area contributed by atoms with Gasteiger partial charge in [-0.25, -0.2) is 0 Å². The summed E-state index contributed by atoms with van der Waals surface area (Å²) in [5.41, 5.74) is 0. The Morgan fingerprint density at radius 3 is 2.40 bits per heavy atom. The molecule has 78 valence electrons. The molecule has 0 aromatic carbocycles. The van der Waals surface area contributed by atoms with Gasteiger partial charge in [0.25, 0.3) is 0 Å². The monoisotopic (exact) mass is 216 g/mol. The lowest BCUT2D eigenvalue weighted by Crippen LogP contribution is -2.07. The normalized spacial score (nSPS) is 25.8. The second kappa shape index (κ2) is 5.61. The van der Waals surface area contributed by atoms with Crippen molar-refractivity contribution in [3.05, 3.63) is 62.0 Å². The van der Waals surface area contributed by atoms with Crippen LogP contribution in [0.15, 0.2) is 0 Å². The molecule has 2 rings (SSSR count). The van der Waals surface area contributed by atoms with Crippen molar-refractivity contribution in [3.63, 3.8) is 0 Å². The SMILES string of the molecule is CC(C)S[C]1[CH][CH][CH][C]1C[C]1[CH][CH][CH][CH]1. The topological polar surface area (TPSA) is 0 Å². The summed E-state index contributed by atoms with van der Waals surface area (Å²) in [6.07, 6.45) is 16.3. The maximum atomic E-state index is 2.24. The van der Waals surface area contributed by atoms with E-state index < -0.39 is 0 Å². The van der Waals surface area contributed by atoms with Crippen molar-refractivity contribution in [2.75, 3.05) is 0 Å². The Morgan fingerprint density at radius 1 is 1.00 bits per heavy atom. The lowest BCUT2D eigenvalue weighted by Gasteiger charge is -2.21. The van der Waals surface area contributed by atoms with Crippen LogP contribution in [0.25, 0.3) is 0 Å². The van der Waals surface area contributed by atoms with Gasteiger partial charge in [-0.15, -0.1) is 11.8 Å². The molecule has 10 radical (unpaired) electrons. The van der Waals surface area contributed by atoms with Gasteiger partial charge in [-0.05, 0) is 68.5 Å². The summed E-state index contributed by atoms with van der Waals surface area (Å²) in [5.74, 6) is 2.87. The molecule has 0 aliphatic heterocycles. The van der Waals surface area contributed by atoms with Crippen LogP contribution < -0.4 is 0 Å². The molecule has 0 aromatic rings. The molecule has 2 aliphatic rings. The smallest absolute Gasteiger partial charge is 0.0417 e. The molecule has 2 saturated carbocycles. The Balaban J connectivity index is 1.79. The van der Waals surface area contributed by atoms with Crippen LogP contribution in [0.3, 0.4) is 0 Å². The fourth-order valence-electron chi connectivity index (χ4n) is 1.71. The van der Waals surface area contributed by atoms with Crippen LogP contribution in [0.2, 0.25) is 0 Å². The number of rotatable bonds is 4. The van der Waals surface area contributed by atoms with Crippen molar-refractivity contribution in [2.45, 2.75) is 25.5 Å². The zero-order valence-electron chi connectivity index (χ0n) is 9.23. The van der Waals surface area contributed by atoms with E-state index in [1.54, 1.807) is 0 Å². The molecule has 15 heavy (non-hydrogen) atoms. The summed E-state index contributed by atoms with van der Waals surface area (Å²) in [6.45, 7) is 4.48. The van der Waals surface area contributed by atoms with Gasteiger partial charge in [0.1, 0.15) is 0 Å². The zero-order chi connectivity index (χ0) is 10.7. The highest BCUT2D eigenvalue weighted by Gasteiger charge is 2.33. The number of thioether (sulfide) groups is 1. The molecule has 0 unspecified atom stereocenters. The van der Waals surface area contributed by atoms with Crippen LogP contribution in [0.1, 0.15) is 20.3 Å². The third-order valence-electron chi connectivity index (χ3n) is 2.35. The summed E-state index contributed by atoms with van der Waals surface area (Å²) in [5, 5.41) is 2.09. The van der Waals surface area contributed by atoms with Gasteiger partial charge in [0.2, 0.25) is 0 Å². The molecular formula is C14H16S. The largest absolute Gasteiger partial charge is 0.150 e. The van der Waals surface area contributed by atoms with Gasteiger partial charge in [0.15, 0.2) is 0 Å². The first-order valence-corrected chi connectivity index (χ1v) is 6.25. The third kappa shape index (κ3) is 3.41. The summed E-state index contributed by atoms with van der Waals surface area (Å²) in [6, 6.07) is 0. The van der Waals surface area contributed by atoms with E-state index in [0.717, 1.165) is 6.42 Å². The summed E-state index contributed by atoms with van der Waals surface area (Å²) < 4.78 is 0. The van der Waals surface area contributed by atoms with Crippen molar-refractivity contribution < 1.29 is 0 Å². The molecule has 0 N–H and O–H groups in total. The minimum Gasteiger partial charge on any atom is -0.150 e. The lowest BCUT2D eigenvalue weighted by atomic mass is 9.92. The molecule has 0 amide bonds. The fraction of sp³-hybridized carbons (Fsp3) is 0.286. The highest BCUT2D eigenvalue weighted by Crippen LogP contribution is 2.47. The number of hydrogen-bond acceptors (Lipinski definition) is 1. The Kier molecular flexibility index (Phi) is 4.42. The maximum Gasteiger partial charge on any atom is 0.0417 e. The molecule has 0 heterocycles. The van der Waals surface area contributed by atoms with Crippen LogP contribution in [0.5, 0.6) is 0 Å². The van der Waals surface area contributed by atoms with Crippen LogP contribution in [-0.4, -0.2) is 5.25 Å². The first-order chi connectivity index (χ1) is 7.25.